The molecule has 0 unspecified atom stereocenters. The maximum atomic E-state index is 14.7. The number of nitrogens with one attached hydrogen (secondary N) is 1. The summed E-state index contributed by atoms with van der Waals surface area (Å²) in [5, 5.41) is 12.8. The molecule has 0 bridgehead atoms. The van der Waals surface area contributed by atoms with Crippen LogP contribution in [0.5, 0.6) is 0 Å². The highest BCUT2D eigenvalue weighted by Crippen LogP contribution is 2.41. The van der Waals surface area contributed by atoms with Gasteiger partial charge in [-0.15, -0.1) is 0 Å². The molecule has 0 aliphatic rings. The van der Waals surface area contributed by atoms with Crippen molar-refractivity contribution >= 4 is 5.91 Å². The summed E-state index contributed by atoms with van der Waals surface area (Å²) in [5.74, 6) is -4.09. The lowest BCUT2D eigenvalue weighted by atomic mass is 9.72. The lowest BCUT2D eigenvalue weighted by Crippen LogP contribution is -2.57. The fraction of sp³-hybridized carbons (Fsp3) is 0.200. The molecule has 0 aliphatic heterocycles. The second-order valence-electron chi connectivity index (χ2n) is 9.59. The molecule has 12 heteroatoms. The van der Waals surface area contributed by atoms with Gasteiger partial charge in [-0.3, -0.25) is 9.78 Å². The summed E-state index contributed by atoms with van der Waals surface area (Å²) in [7, 11) is 0. The minimum Gasteiger partial charge on any atom is -0.369 e. The molecule has 0 aliphatic carbocycles. The molecule has 2 atom stereocenters. The van der Waals surface area contributed by atoms with Gasteiger partial charge < -0.3 is 10.4 Å². The fourth-order valence-electron chi connectivity index (χ4n) is 4.69. The maximum absolute atomic E-state index is 14.7. The number of aromatic nitrogens is 1. The predicted octanol–water partition coefficient (Wildman–Crippen LogP) is 6.47. The Hall–Kier alpha value is -4.32. The Balaban J connectivity index is 1.92. The molecule has 1 heterocycles. The summed E-state index contributed by atoms with van der Waals surface area (Å²) in [6.45, 7) is -0.897. The van der Waals surface area contributed by atoms with Crippen LogP contribution in [0.15, 0.2) is 97.2 Å². The zero-order valence-electron chi connectivity index (χ0n) is 21.5. The van der Waals surface area contributed by atoms with Gasteiger partial charge in [-0.1, -0.05) is 60.7 Å². The van der Waals surface area contributed by atoms with E-state index in [0.717, 1.165) is 36.5 Å². The van der Waals surface area contributed by atoms with E-state index in [4.69, 9.17) is 0 Å². The van der Waals surface area contributed by atoms with E-state index in [-0.39, 0.29) is 18.2 Å². The number of amides is 1. The highest BCUT2D eigenvalue weighted by molar-refractivity contribution is 5.87. The van der Waals surface area contributed by atoms with Crippen molar-refractivity contribution in [1.29, 1.82) is 0 Å². The van der Waals surface area contributed by atoms with E-state index in [1.807, 2.05) is 5.32 Å². The number of hydrogen-bond acceptors (Lipinski definition) is 3. The molecule has 42 heavy (non-hydrogen) atoms. The maximum Gasteiger partial charge on any atom is 0.430 e. The molecular formula is C30H22F8N2O2. The van der Waals surface area contributed by atoms with Gasteiger partial charge in [0.05, 0.1) is 22.9 Å². The number of benzene rings is 3. The third-order valence-corrected chi connectivity index (χ3v) is 6.83. The number of carbonyl (C=O) groups is 1. The molecule has 1 aromatic heterocycles. The first-order valence-electron chi connectivity index (χ1n) is 12.3. The Morgan fingerprint density at radius 2 is 1.33 bits per heavy atom. The molecule has 4 nitrogen and oxygen atoms in total. The summed E-state index contributed by atoms with van der Waals surface area (Å²) in [6.07, 6.45) is -10.1. The van der Waals surface area contributed by atoms with Crippen LogP contribution in [0, 0.1) is 11.6 Å². The SMILES string of the molecule is O=C(NC[C@](Cc1ccccc1)(c1cc(F)cc(C(F)(F)F)c1)c1ccc(F)cn1)[C@](O)(c1ccccc1)C(F)(F)F. The van der Waals surface area contributed by atoms with Crippen molar-refractivity contribution in [2.75, 3.05) is 6.54 Å². The molecule has 2 N–H and O–H groups in total. The molecule has 0 radical (unpaired) electrons. The third kappa shape index (κ3) is 6.13. The molecule has 4 aromatic rings. The topological polar surface area (TPSA) is 62.2 Å². The van der Waals surface area contributed by atoms with Crippen LogP contribution in [0.4, 0.5) is 35.1 Å². The molecule has 0 saturated heterocycles. The molecular weight excluding hydrogens is 572 g/mol. The Morgan fingerprint density at radius 3 is 1.88 bits per heavy atom. The van der Waals surface area contributed by atoms with Gasteiger partial charge in [0, 0.05) is 12.1 Å². The zero-order chi connectivity index (χ0) is 30.8. The van der Waals surface area contributed by atoms with Crippen molar-refractivity contribution in [3.8, 4) is 0 Å². The van der Waals surface area contributed by atoms with Gasteiger partial charge in [-0.25, -0.2) is 8.78 Å². The van der Waals surface area contributed by atoms with Gasteiger partial charge in [0.2, 0.25) is 0 Å². The molecule has 1 amide bonds. The predicted molar refractivity (Wildman–Crippen MR) is 136 cm³/mol. The number of hydrogen-bond donors (Lipinski definition) is 2. The second-order valence-corrected chi connectivity index (χ2v) is 9.59. The van der Waals surface area contributed by atoms with Crippen molar-refractivity contribution in [3.05, 3.63) is 137 Å². The largest absolute Gasteiger partial charge is 0.430 e. The number of nitrogens with zero attached hydrogens (tertiary/aromatic N) is 1. The molecule has 0 saturated carbocycles. The summed E-state index contributed by atoms with van der Waals surface area (Å²) in [5.41, 5.74) is -8.41. The van der Waals surface area contributed by atoms with Crippen LogP contribution in [0.1, 0.15) is 27.9 Å². The molecule has 0 fully saturated rings. The first-order valence-corrected chi connectivity index (χ1v) is 12.3. The Kier molecular flexibility index (Phi) is 8.40. The van der Waals surface area contributed by atoms with E-state index in [0.29, 0.717) is 11.6 Å². The van der Waals surface area contributed by atoms with Gasteiger partial charge in [0.1, 0.15) is 11.6 Å². The van der Waals surface area contributed by atoms with Crippen LogP contribution in [0.25, 0.3) is 0 Å². The first-order chi connectivity index (χ1) is 19.7. The van der Waals surface area contributed by atoms with Gasteiger partial charge >= 0.3 is 12.4 Å². The van der Waals surface area contributed by atoms with Crippen LogP contribution >= 0.6 is 0 Å². The molecule has 4 rings (SSSR count). The highest BCUT2D eigenvalue weighted by Gasteiger charge is 2.61. The summed E-state index contributed by atoms with van der Waals surface area (Å²) in [4.78, 5) is 17.2. The van der Waals surface area contributed by atoms with Crippen LogP contribution in [-0.2, 0) is 28.4 Å². The highest BCUT2D eigenvalue weighted by atomic mass is 19.4. The fourth-order valence-corrected chi connectivity index (χ4v) is 4.69. The quantitative estimate of drug-likeness (QED) is 0.230. The Labute approximate surface area is 234 Å². The number of halogens is 8. The van der Waals surface area contributed by atoms with Gasteiger partial charge in [0.25, 0.3) is 11.5 Å². The normalized spacial score (nSPS) is 15.0. The third-order valence-electron chi connectivity index (χ3n) is 6.83. The van der Waals surface area contributed by atoms with E-state index < -0.39 is 64.1 Å². The average Bonchev–Trinajstić information content (AvgIpc) is 2.94. The standard InChI is InChI=1S/C30H22F8N2O2/c31-23-11-12-25(39-17-23)27(16-19-7-3-1-4-8-19,21-13-22(29(33,34)35)15-24(32)14-21)18-40-26(41)28(42,30(36,37)38)20-9-5-2-6-10-20/h1-15,17,42H,16,18H2,(H,40,41)/t27-,28-/m1/s1. The number of pyridine rings is 1. The van der Waals surface area contributed by atoms with E-state index in [1.165, 1.54) is 18.2 Å². The van der Waals surface area contributed by atoms with Crippen LogP contribution in [0.2, 0.25) is 0 Å². The van der Waals surface area contributed by atoms with E-state index in [1.54, 1.807) is 30.3 Å². The smallest absolute Gasteiger partial charge is 0.369 e. The van der Waals surface area contributed by atoms with Gasteiger partial charge in [0.15, 0.2) is 0 Å². The van der Waals surface area contributed by atoms with Crippen molar-refractivity contribution in [2.24, 2.45) is 0 Å². The van der Waals surface area contributed by atoms with Gasteiger partial charge in [-0.2, -0.15) is 26.3 Å². The van der Waals surface area contributed by atoms with Crippen LogP contribution in [0.3, 0.4) is 0 Å². The Morgan fingerprint density at radius 1 is 0.738 bits per heavy atom. The molecule has 3 aromatic carbocycles. The van der Waals surface area contributed by atoms with E-state index in [9.17, 15) is 45.0 Å². The van der Waals surface area contributed by atoms with Gasteiger partial charge in [-0.05, 0) is 47.9 Å². The second kappa shape index (κ2) is 11.5. The first kappa shape index (κ1) is 30.6. The summed E-state index contributed by atoms with van der Waals surface area (Å²) >= 11 is 0. The monoisotopic (exact) mass is 594 g/mol. The summed E-state index contributed by atoms with van der Waals surface area (Å²) in [6, 6.07) is 17.0. The number of rotatable bonds is 8. The minimum absolute atomic E-state index is 0.179. The molecule has 0 spiro atoms. The van der Waals surface area contributed by atoms with Crippen molar-refractivity contribution in [3.63, 3.8) is 0 Å². The lowest BCUT2D eigenvalue weighted by molar-refractivity contribution is -0.257. The number of aliphatic hydroxyl groups is 1. The average molecular weight is 595 g/mol. The minimum atomic E-state index is -5.52. The van der Waals surface area contributed by atoms with Crippen LogP contribution in [-0.4, -0.2) is 28.7 Å². The van der Waals surface area contributed by atoms with Crippen LogP contribution < -0.4 is 5.32 Å². The van der Waals surface area contributed by atoms with Crippen molar-refractivity contribution in [1.82, 2.24) is 10.3 Å². The van der Waals surface area contributed by atoms with Crippen molar-refractivity contribution in [2.45, 2.75) is 29.8 Å². The number of alkyl halides is 6. The van der Waals surface area contributed by atoms with E-state index >= 15 is 0 Å². The summed E-state index contributed by atoms with van der Waals surface area (Å²) < 4.78 is 112. The van der Waals surface area contributed by atoms with Crippen molar-refractivity contribution < 1.29 is 45.0 Å². The molecule has 220 valence electrons. The zero-order valence-corrected chi connectivity index (χ0v) is 21.5. The lowest BCUT2D eigenvalue weighted by Gasteiger charge is -2.37. The Bertz CT molecular complexity index is 1530. The number of carbonyl (C=O) groups excluding carboxylic acids is 1. The van der Waals surface area contributed by atoms with E-state index in [2.05, 4.69) is 4.98 Å².